The van der Waals surface area contributed by atoms with Gasteiger partial charge in [0.05, 0.1) is 26.0 Å². The second-order valence-electron chi connectivity index (χ2n) is 9.39. The number of carbonyl (C=O) groups is 1. The topological polar surface area (TPSA) is 86.5 Å². The lowest BCUT2D eigenvalue weighted by Gasteiger charge is -2.27. The molecule has 2 aliphatic rings. The highest BCUT2D eigenvalue weighted by molar-refractivity contribution is 5.95. The molecule has 0 spiro atoms. The summed E-state index contributed by atoms with van der Waals surface area (Å²) in [6.07, 6.45) is 5.19. The van der Waals surface area contributed by atoms with Crippen LogP contribution < -0.4 is 23.8 Å². The molecule has 6 rings (SSSR count). The van der Waals surface area contributed by atoms with Crippen molar-refractivity contribution >= 4 is 22.6 Å². The first-order valence-electron chi connectivity index (χ1n) is 12.6. The number of amides is 1. The molecule has 0 aliphatic carbocycles. The van der Waals surface area contributed by atoms with Crippen LogP contribution in [-0.2, 0) is 13.1 Å². The molecule has 196 valence electrons. The maximum atomic E-state index is 13.7. The van der Waals surface area contributed by atoms with Crippen molar-refractivity contribution in [3.05, 3.63) is 71.7 Å². The van der Waals surface area contributed by atoms with E-state index in [1.54, 1.807) is 25.2 Å². The number of pyridine rings is 1. The molecular weight excluding hydrogens is 486 g/mol. The number of hydrogen-bond donors (Lipinski definition) is 0. The Bertz CT molecular complexity index is 1460. The van der Waals surface area contributed by atoms with E-state index in [2.05, 4.69) is 11.0 Å². The van der Waals surface area contributed by atoms with Gasteiger partial charge in [0.2, 0.25) is 6.79 Å². The Kier molecular flexibility index (Phi) is 6.41. The van der Waals surface area contributed by atoms with E-state index in [4.69, 9.17) is 28.3 Å². The summed E-state index contributed by atoms with van der Waals surface area (Å²) in [4.78, 5) is 22.9. The number of ether oxygens (including phenoxy) is 4. The van der Waals surface area contributed by atoms with Gasteiger partial charge in [-0.3, -0.25) is 4.79 Å². The van der Waals surface area contributed by atoms with E-state index < -0.39 is 0 Å². The van der Waals surface area contributed by atoms with Crippen LogP contribution in [0.1, 0.15) is 34.3 Å². The Balaban J connectivity index is 1.44. The molecule has 1 fully saturated rings. The molecule has 0 atom stereocenters. The number of hydrogen-bond acceptors (Lipinski definition) is 8. The largest absolute Gasteiger partial charge is 0.496 e. The van der Waals surface area contributed by atoms with Gasteiger partial charge < -0.3 is 33.2 Å². The van der Waals surface area contributed by atoms with E-state index >= 15 is 0 Å². The summed E-state index contributed by atoms with van der Waals surface area (Å²) in [7, 11) is 3.28. The van der Waals surface area contributed by atoms with Gasteiger partial charge in [0.25, 0.3) is 5.91 Å². The third-order valence-electron chi connectivity index (χ3n) is 7.04. The van der Waals surface area contributed by atoms with E-state index in [0.29, 0.717) is 41.7 Å². The molecule has 0 saturated carbocycles. The molecule has 0 radical (unpaired) electrons. The Morgan fingerprint density at radius 1 is 0.974 bits per heavy atom. The molecule has 4 aromatic rings. The first-order valence-corrected chi connectivity index (χ1v) is 12.6. The molecule has 4 heterocycles. The second kappa shape index (κ2) is 10.2. The lowest BCUT2D eigenvalue weighted by molar-refractivity contribution is 0.0729. The molecule has 9 heteroatoms. The predicted molar refractivity (Wildman–Crippen MR) is 141 cm³/mol. The van der Waals surface area contributed by atoms with E-state index in [9.17, 15) is 4.79 Å². The van der Waals surface area contributed by atoms with Crippen LogP contribution in [0.15, 0.2) is 59.4 Å². The highest BCUT2D eigenvalue weighted by Crippen LogP contribution is 2.37. The molecule has 1 amide bonds. The number of anilines is 1. The van der Waals surface area contributed by atoms with Crippen molar-refractivity contribution in [1.82, 2.24) is 9.88 Å². The number of furan rings is 1. The smallest absolute Gasteiger partial charge is 0.257 e. The molecule has 38 heavy (non-hydrogen) atoms. The van der Waals surface area contributed by atoms with Gasteiger partial charge in [-0.25, -0.2) is 4.98 Å². The van der Waals surface area contributed by atoms with Crippen LogP contribution in [0, 0.1) is 0 Å². The Hall–Kier alpha value is -4.40. The van der Waals surface area contributed by atoms with Crippen LogP contribution in [0.4, 0.5) is 5.82 Å². The fourth-order valence-corrected chi connectivity index (χ4v) is 5.14. The fourth-order valence-electron chi connectivity index (χ4n) is 5.14. The van der Waals surface area contributed by atoms with Gasteiger partial charge in [-0.15, -0.1) is 0 Å². The van der Waals surface area contributed by atoms with Crippen LogP contribution in [0.25, 0.3) is 10.9 Å². The van der Waals surface area contributed by atoms with Gasteiger partial charge in [0, 0.05) is 37.1 Å². The molecule has 9 nitrogen and oxygen atoms in total. The number of methoxy groups -OCH3 is 2. The SMILES string of the molecule is COc1ccc(OC)c2nc(N3CCCC3)c(CN(Cc3ccc4c(c3)OCO4)C(=O)c3ccoc3)cc12. The molecule has 2 aromatic heterocycles. The average Bonchev–Trinajstić information content (AvgIpc) is 3.74. The molecule has 2 aliphatic heterocycles. The van der Waals surface area contributed by atoms with Crippen LogP contribution in [0.3, 0.4) is 0 Å². The van der Waals surface area contributed by atoms with Crippen molar-refractivity contribution in [2.45, 2.75) is 25.9 Å². The average molecular weight is 516 g/mol. The molecule has 0 unspecified atom stereocenters. The van der Waals surface area contributed by atoms with Gasteiger partial charge in [0.1, 0.15) is 29.1 Å². The van der Waals surface area contributed by atoms with E-state index in [0.717, 1.165) is 53.8 Å². The number of carbonyl (C=O) groups excluding carboxylic acids is 1. The van der Waals surface area contributed by atoms with E-state index in [1.165, 1.54) is 12.5 Å². The van der Waals surface area contributed by atoms with Gasteiger partial charge in [-0.2, -0.15) is 0 Å². The first kappa shape index (κ1) is 24.0. The monoisotopic (exact) mass is 515 g/mol. The highest BCUT2D eigenvalue weighted by Gasteiger charge is 2.25. The number of nitrogens with zero attached hydrogens (tertiary/aromatic N) is 3. The number of fused-ring (bicyclic) bond motifs is 2. The van der Waals surface area contributed by atoms with Crippen molar-refractivity contribution in [1.29, 1.82) is 0 Å². The van der Waals surface area contributed by atoms with Crippen LogP contribution in [0.5, 0.6) is 23.0 Å². The van der Waals surface area contributed by atoms with Crippen molar-refractivity contribution in [3.8, 4) is 23.0 Å². The van der Waals surface area contributed by atoms with Gasteiger partial charge >= 0.3 is 0 Å². The summed E-state index contributed by atoms with van der Waals surface area (Å²) in [6, 6.07) is 13.3. The Morgan fingerprint density at radius 3 is 2.53 bits per heavy atom. The lowest BCUT2D eigenvalue weighted by Crippen LogP contribution is -2.31. The normalized spacial score (nSPS) is 14.2. The predicted octanol–water partition coefficient (Wildman–Crippen LogP) is 5.02. The van der Waals surface area contributed by atoms with Gasteiger partial charge in [-0.05, 0) is 54.8 Å². The standard InChI is InChI=1S/C29H29N3O6/c1-34-23-7-8-25(35-2)27-22(23)14-21(28(30-27)31-10-3-4-11-31)16-32(29(33)20-9-12-36-17-20)15-19-5-6-24-26(13-19)38-18-37-24/h5-9,12-14,17H,3-4,10-11,15-16,18H2,1-2H3. The maximum Gasteiger partial charge on any atom is 0.257 e. The maximum absolute atomic E-state index is 13.7. The van der Waals surface area contributed by atoms with Crippen molar-refractivity contribution in [2.24, 2.45) is 0 Å². The second-order valence-corrected chi connectivity index (χ2v) is 9.39. The summed E-state index contributed by atoms with van der Waals surface area (Å²) in [5.41, 5.74) is 3.09. The molecule has 0 N–H and O–H groups in total. The van der Waals surface area contributed by atoms with Crippen molar-refractivity contribution < 1.29 is 28.2 Å². The Morgan fingerprint density at radius 2 is 1.76 bits per heavy atom. The number of benzene rings is 2. The lowest BCUT2D eigenvalue weighted by atomic mass is 10.1. The van der Waals surface area contributed by atoms with Crippen LogP contribution in [-0.4, -0.2) is 49.9 Å². The minimum Gasteiger partial charge on any atom is -0.496 e. The van der Waals surface area contributed by atoms with Crippen molar-refractivity contribution in [3.63, 3.8) is 0 Å². The summed E-state index contributed by atoms with van der Waals surface area (Å²) < 4.78 is 27.6. The van der Waals surface area contributed by atoms with Gasteiger partial charge in [-0.1, -0.05) is 6.07 Å². The number of aromatic nitrogens is 1. The van der Waals surface area contributed by atoms with E-state index in [1.807, 2.05) is 30.3 Å². The first-order chi connectivity index (χ1) is 18.6. The zero-order valence-corrected chi connectivity index (χ0v) is 21.4. The minimum absolute atomic E-state index is 0.138. The summed E-state index contributed by atoms with van der Waals surface area (Å²) in [5.74, 6) is 3.49. The molecule has 1 saturated heterocycles. The summed E-state index contributed by atoms with van der Waals surface area (Å²) >= 11 is 0. The Labute approximate surface area is 220 Å². The van der Waals surface area contributed by atoms with Gasteiger partial charge in [0.15, 0.2) is 11.5 Å². The zero-order valence-electron chi connectivity index (χ0n) is 21.4. The van der Waals surface area contributed by atoms with Crippen molar-refractivity contribution in [2.75, 3.05) is 39.0 Å². The van der Waals surface area contributed by atoms with Crippen LogP contribution >= 0.6 is 0 Å². The minimum atomic E-state index is -0.138. The highest BCUT2D eigenvalue weighted by atomic mass is 16.7. The zero-order chi connectivity index (χ0) is 26.1. The third kappa shape index (κ3) is 4.44. The molecule has 2 aromatic carbocycles. The number of rotatable bonds is 8. The molecular formula is C29H29N3O6. The summed E-state index contributed by atoms with van der Waals surface area (Å²) in [6.45, 7) is 2.73. The fraction of sp³-hybridized carbons (Fsp3) is 0.310. The summed E-state index contributed by atoms with van der Waals surface area (Å²) in [5, 5.41) is 0.837. The van der Waals surface area contributed by atoms with E-state index in [-0.39, 0.29) is 12.7 Å². The third-order valence-corrected chi connectivity index (χ3v) is 7.04. The molecule has 0 bridgehead atoms. The quantitative estimate of drug-likeness (QED) is 0.324. The van der Waals surface area contributed by atoms with Crippen LogP contribution in [0.2, 0.25) is 0 Å².